The van der Waals surface area contributed by atoms with Gasteiger partial charge < -0.3 is 4.98 Å². The fourth-order valence-electron chi connectivity index (χ4n) is 1.70. The van der Waals surface area contributed by atoms with Crippen molar-refractivity contribution in [3.63, 3.8) is 0 Å². The molecule has 0 radical (unpaired) electrons. The van der Waals surface area contributed by atoms with Gasteiger partial charge in [-0.05, 0) is 30.0 Å². The molecule has 2 aromatic heterocycles. The van der Waals surface area contributed by atoms with Gasteiger partial charge in [0.05, 0.1) is 11.0 Å². The molecule has 0 unspecified atom stereocenters. The lowest BCUT2D eigenvalue weighted by molar-refractivity contribution is 0.871. The smallest absolute Gasteiger partial charge is 0.0916 e. The normalized spacial score (nSPS) is 11.4. The summed E-state index contributed by atoms with van der Waals surface area (Å²) in [6.07, 6.45) is 3.07. The lowest BCUT2D eigenvalue weighted by atomic mass is 10.1. The molecule has 0 bridgehead atoms. The fraction of sp³-hybridized carbons (Fsp3) is 0.417. The van der Waals surface area contributed by atoms with Crippen molar-refractivity contribution in [3.05, 3.63) is 29.6 Å². The van der Waals surface area contributed by atoms with Gasteiger partial charge in [-0.3, -0.25) is 4.98 Å². The molecule has 2 nitrogen and oxygen atoms in total. The lowest BCUT2D eigenvalue weighted by Gasteiger charge is -2.02. The summed E-state index contributed by atoms with van der Waals surface area (Å²) in [5, 5.41) is 0. The molecule has 14 heavy (non-hydrogen) atoms. The van der Waals surface area contributed by atoms with Gasteiger partial charge in [0.25, 0.3) is 0 Å². The van der Waals surface area contributed by atoms with Gasteiger partial charge >= 0.3 is 0 Å². The molecular weight excluding hydrogens is 172 g/mol. The summed E-state index contributed by atoms with van der Waals surface area (Å²) in [7, 11) is 0. The van der Waals surface area contributed by atoms with E-state index in [9.17, 15) is 0 Å². The molecule has 0 fully saturated rings. The number of hydrogen-bond acceptors (Lipinski definition) is 1. The number of rotatable bonds is 2. The number of nitrogens with zero attached hydrogens (tertiary/aromatic N) is 1. The van der Waals surface area contributed by atoms with Crippen molar-refractivity contribution in [3.8, 4) is 0 Å². The lowest BCUT2D eigenvalue weighted by Crippen LogP contribution is -1.90. The SMILES string of the molecule is CCc1ccc2[nH]cc(C(C)C)c2n1. The van der Waals surface area contributed by atoms with Crippen LogP contribution in [0.2, 0.25) is 0 Å². The Morgan fingerprint density at radius 1 is 1.36 bits per heavy atom. The molecule has 0 aliphatic heterocycles. The maximum Gasteiger partial charge on any atom is 0.0916 e. The summed E-state index contributed by atoms with van der Waals surface area (Å²) >= 11 is 0. The predicted octanol–water partition coefficient (Wildman–Crippen LogP) is 3.25. The Balaban J connectivity index is 2.63. The molecule has 0 aromatic carbocycles. The molecule has 0 saturated heterocycles. The second-order valence-corrected chi connectivity index (χ2v) is 3.95. The molecule has 0 aliphatic rings. The van der Waals surface area contributed by atoms with E-state index >= 15 is 0 Å². The minimum atomic E-state index is 0.531. The van der Waals surface area contributed by atoms with Crippen LogP contribution in [0.25, 0.3) is 11.0 Å². The van der Waals surface area contributed by atoms with E-state index in [2.05, 4.69) is 49.1 Å². The summed E-state index contributed by atoms with van der Waals surface area (Å²) < 4.78 is 0. The van der Waals surface area contributed by atoms with Gasteiger partial charge in [0, 0.05) is 11.9 Å². The summed E-state index contributed by atoms with van der Waals surface area (Å²) in [6, 6.07) is 4.20. The summed E-state index contributed by atoms with van der Waals surface area (Å²) in [6.45, 7) is 6.53. The number of pyridine rings is 1. The van der Waals surface area contributed by atoms with Crippen molar-refractivity contribution in [2.24, 2.45) is 0 Å². The third kappa shape index (κ3) is 1.41. The Morgan fingerprint density at radius 3 is 2.79 bits per heavy atom. The molecular formula is C12H16N2. The molecule has 0 spiro atoms. The van der Waals surface area contributed by atoms with E-state index in [0.29, 0.717) is 5.92 Å². The molecule has 0 atom stereocenters. The van der Waals surface area contributed by atoms with Crippen LogP contribution in [0.5, 0.6) is 0 Å². The topological polar surface area (TPSA) is 28.7 Å². The highest BCUT2D eigenvalue weighted by Gasteiger charge is 2.08. The van der Waals surface area contributed by atoms with E-state index in [1.54, 1.807) is 0 Å². The molecule has 2 heteroatoms. The second-order valence-electron chi connectivity index (χ2n) is 3.95. The zero-order chi connectivity index (χ0) is 10.1. The molecule has 2 heterocycles. The van der Waals surface area contributed by atoms with Crippen molar-refractivity contribution in [1.29, 1.82) is 0 Å². The molecule has 2 aromatic rings. The van der Waals surface area contributed by atoms with Crippen molar-refractivity contribution in [1.82, 2.24) is 9.97 Å². The van der Waals surface area contributed by atoms with Gasteiger partial charge in [-0.25, -0.2) is 0 Å². The maximum absolute atomic E-state index is 4.64. The highest BCUT2D eigenvalue weighted by Crippen LogP contribution is 2.23. The summed E-state index contributed by atoms with van der Waals surface area (Å²) in [5.74, 6) is 0.531. The van der Waals surface area contributed by atoms with Gasteiger partial charge in [-0.2, -0.15) is 0 Å². The highest BCUT2D eigenvalue weighted by molar-refractivity contribution is 5.79. The first-order valence-electron chi connectivity index (χ1n) is 5.19. The van der Waals surface area contributed by atoms with Gasteiger partial charge in [0.1, 0.15) is 0 Å². The number of fused-ring (bicyclic) bond motifs is 1. The Labute approximate surface area is 84.4 Å². The molecule has 0 aliphatic carbocycles. The van der Waals surface area contributed by atoms with Gasteiger partial charge in [0.15, 0.2) is 0 Å². The third-order valence-corrected chi connectivity index (χ3v) is 2.59. The average Bonchev–Trinajstić information content (AvgIpc) is 2.59. The van der Waals surface area contributed by atoms with E-state index in [0.717, 1.165) is 17.5 Å². The maximum atomic E-state index is 4.64. The summed E-state index contributed by atoms with van der Waals surface area (Å²) in [5.41, 5.74) is 4.76. The first-order valence-corrected chi connectivity index (χ1v) is 5.19. The van der Waals surface area contributed by atoms with Crippen LogP contribution in [0.4, 0.5) is 0 Å². The van der Waals surface area contributed by atoms with Crippen molar-refractivity contribution < 1.29 is 0 Å². The van der Waals surface area contributed by atoms with Crippen LogP contribution >= 0.6 is 0 Å². The third-order valence-electron chi connectivity index (χ3n) is 2.59. The number of aromatic nitrogens is 2. The first-order chi connectivity index (χ1) is 6.72. The monoisotopic (exact) mass is 188 g/mol. The largest absolute Gasteiger partial charge is 0.360 e. The van der Waals surface area contributed by atoms with Gasteiger partial charge in [0.2, 0.25) is 0 Å². The molecule has 0 amide bonds. The molecule has 0 saturated carbocycles. The second kappa shape index (κ2) is 3.45. The van der Waals surface area contributed by atoms with E-state index in [1.165, 1.54) is 11.3 Å². The Morgan fingerprint density at radius 2 is 2.14 bits per heavy atom. The van der Waals surface area contributed by atoms with Crippen molar-refractivity contribution in [2.45, 2.75) is 33.1 Å². The predicted molar refractivity (Wildman–Crippen MR) is 59.6 cm³/mol. The molecule has 1 N–H and O–H groups in total. The Bertz CT molecular complexity index is 441. The van der Waals surface area contributed by atoms with E-state index in [4.69, 9.17) is 0 Å². The first kappa shape index (κ1) is 9.25. The Kier molecular flexibility index (Phi) is 2.28. The Hall–Kier alpha value is -1.31. The number of H-pyrrole nitrogens is 1. The fourth-order valence-corrected chi connectivity index (χ4v) is 1.70. The minimum absolute atomic E-state index is 0.531. The molecule has 74 valence electrons. The van der Waals surface area contributed by atoms with E-state index < -0.39 is 0 Å². The van der Waals surface area contributed by atoms with Gasteiger partial charge in [-0.15, -0.1) is 0 Å². The van der Waals surface area contributed by atoms with Crippen LogP contribution in [0.15, 0.2) is 18.3 Å². The number of aryl methyl sites for hydroxylation is 1. The standard InChI is InChI=1S/C12H16N2/c1-4-9-5-6-11-12(14-9)10(7-13-11)8(2)3/h5-8,13H,4H2,1-3H3. The van der Waals surface area contributed by atoms with Crippen molar-refractivity contribution >= 4 is 11.0 Å². The van der Waals surface area contributed by atoms with Crippen molar-refractivity contribution in [2.75, 3.05) is 0 Å². The van der Waals surface area contributed by atoms with Crippen LogP contribution < -0.4 is 0 Å². The number of hydrogen-bond donors (Lipinski definition) is 1. The average molecular weight is 188 g/mol. The van der Waals surface area contributed by atoms with Crippen LogP contribution in [0.1, 0.15) is 37.9 Å². The van der Waals surface area contributed by atoms with Crippen LogP contribution in [0.3, 0.4) is 0 Å². The zero-order valence-electron chi connectivity index (χ0n) is 8.96. The number of nitrogens with one attached hydrogen (secondary N) is 1. The highest BCUT2D eigenvalue weighted by atomic mass is 14.8. The van der Waals surface area contributed by atoms with E-state index in [1.807, 2.05) is 0 Å². The summed E-state index contributed by atoms with van der Waals surface area (Å²) in [4.78, 5) is 7.90. The van der Waals surface area contributed by atoms with Crippen LogP contribution in [-0.2, 0) is 6.42 Å². The van der Waals surface area contributed by atoms with Crippen LogP contribution in [0, 0.1) is 0 Å². The minimum Gasteiger partial charge on any atom is -0.360 e. The van der Waals surface area contributed by atoms with Gasteiger partial charge in [-0.1, -0.05) is 20.8 Å². The zero-order valence-corrected chi connectivity index (χ0v) is 8.96. The van der Waals surface area contributed by atoms with Crippen LogP contribution in [-0.4, -0.2) is 9.97 Å². The molecule has 2 rings (SSSR count). The quantitative estimate of drug-likeness (QED) is 0.770. The van der Waals surface area contributed by atoms with E-state index in [-0.39, 0.29) is 0 Å². The number of aromatic amines is 1.